The molecule has 92 valence electrons. The molecule has 0 aliphatic rings. The summed E-state index contributed by atoms with van der Waals surface area (Å²) in [7, 11) is 3.23. The molecule has 0 aliphatic heterocycles. The highest BCUT2D eigenvalue weighted by atomic mass is 35.5. The maximum atomic E-state index is 11.9. The summed E-state index contributed by atoms with van der Waals surface area (Å²) < 4.78 is 6.65. The van der Waals surface area contributed by atoms with Crippen molar-refractivity contribution in [2.45, 2.75) is 0 Å². The molecule has 2 heterocycles. The highest BCUT2D eigenvalue weighted by Gasteiger charge is 2.14. The van der Waals surface area contributed by atoms with Crippen LogP contribution in [0.15, 0.2) is 23.1 Å². The van der Waals surface area contributed by atoms with Crippen molar-refractivity contribution >= 4 is 33.4 Å². The number of aromatic amines is 1. The monoisotopic (exact) mass is 263 g/mol. The third kappa shape index (κ3) is 1.34. The van der Waals surface area contributed by atoms with Gasteiger partial charge >= 0.3 is 0 Å². The summed E-state index contributed by atoms with van der Waals surface area (Å²) >= 11 is 6.20. The highest BCUT2D eigenvalue weighted by Crippen LogP contribution is 2.33. The summed E-state index contributed by atoms with van der Waals surface area (Å²) in [5, 5.41) is 4.73. The van der Waals surface area contributed by atoms with Crippen molar-refractivity contribution in [3.05, 3.63) is 33.7 Å². The third-order valence-corrected chi connectivity index (χ3v) is 3.28. The van der Waals surface area contributed by atoms with Gasteiger partial charge in [-0.2, -0.15) is 0 Å². The number of halogens is 1. The molecular weight excluding hydrogens is 254 g/mol. The van der Waals surface area contributed by atoms with Crippen LogP contribution in [-0.4, -0.2) is 21.9 Å². The fraction of sp³-hybridized carbons (Fsp3) is 0.167. The van der Waals surface area contributed by atoms with E-state index in [0.29, 0.717) is 32.6 Å². The summed E-state index contributed by atoms with van der Waals surface area (Å²) in [6.45, 7) is 0. The van der Waals surface area contributed by atoms with Gasteiger partial charge in [-0.3, -0.25) is 19.6 Å². The fourth-order valence-electron chi connectivity index (χ4n) is 2.08. The first-order valence-corrected chi connectivity index (χ1v) is 5.71. The molecule has 0 aliphatic carbocycles. The Morgan fingerprint density at radius 3 is 2.94 bits per heavy atom. The predicted octanol–water partition coefficient (Wildman–Crippen LogP) is 2.08. The van der Waals surface area contributed by atoms with E-state index in [9.17, 15) is 4.79 Å². The van der Waals surface area contributed by atoms with E-state index in [2.05, 4.69) is 10.1 Å². The lowest BCUT2D eigenvalue weighted by Gasteiger charge is -2.06. The number of methoxy groups -OCH3 is 1. The van der Waals surface area contributed by atoms with Gasteiger partial charge in [0.25, 0.3) is 5.56 Å². The van der Waals surface area contributed by atoms with E-state index >= 15 is 0 Å². The number of ether oxygens (including phenoxy) is 1. The molecule has 6 heteroatoms. The molecule has 3 rings (SSSR count). The van der Waals surface area contributed by atoms with Crippen LogP contribution in [0.1, 0.15) is 0 Å². The molecule has 0 saturated carbocycles. The standard InChI is InChI=1S/C12H10ClN3O2/c1-16-12(17)6-5-14-11-8(18-2)4-3-7(13)9(11)10(6)15-16/h3-5,15H,1-2H3. The average Bonchev–Trinajstić information content (AvgIpc) is 2.66. The normalized spacial score (nSPS) is 11.3. The first kappa shape index (κ1) is 11.1. The molecule has 0 amide bonds. The van der Waals surface area contributed by atoms with Crippen LogP contribution in [0.5, 0.6) is 5.75 Å². The Morgan fingerprint density at radius 2 is 2.22 bits per heavy atom. The van der Waals surface area contributed by atoms with Crippen molar-refractivity contribution in [3.8, 4) is 5.75 Å². The second kappa shape index (κ2) is 3.74. The lowest BCUT2D eigenvalue weighted by Crippen LogP contribution is -2.11. The molecule has 0 spiro atoms. The van der Waals surface area contributed by atoms with Gasteiger partial charge in [-0.05, 0) is 12.1 Å². The van der Waals surface area contributed by atoms with E-state index in [4.69, 9.17) is 16.3 Å². The first-order chi connectivity index (χ1) is 8.63. The topological polar surface area (TPSA) is 59.9 Å². The highest BCUT2D eigenvalue weighted by molar-refractivity contribution is 6.37. The van der Waals surface area contributed by atoms with E-state index in [-0.39, 0.29) is 5.56 Å². The zero-order chi connectivity index (χ0) is 12.9. The van der Waals surface area contributed by atoms with Gasteiger partial charge in [0.05, 0.1) is 23.0 Å². The Hall–Kier alpha value is -2.01. The molecule has 0 bridgehead atoms. The predicted molar refractivity (Wildman–Crippen MR) is 70.4 cm³/mol. The van der Waals surface area contributed by atoms with Crippen LogP contribution >= 0.6 is 11.6 Å². The Bertz CT molecular complexity index is 819. The fourth-order valence-corrected chi connectivity index (χ4v) is 2.33. The Balaban J connectivity index is 2.62. The van der Waals surface area contributed by atoms with Crippen molar-refractivity contribution in [1.82, 2.24) is 14.8 Å². The Labute approximate surface area is 107 Å². The van der Waals surface area contributed by atoms with Crippen LogP contribution in [-0.2, 0) is 7.05 Å². The maximum Gasteiger partial charge on any atom is 0.275 e. The molecule has 3 aromatic rings. The zero-order valence-corrected chi connectivity index (χ0v) is 10.6. The number of pyridine rings is 1. The maximum absolute atomic E-state index is 11.9. The number of aromatic nitrogens is 3. The number of nitrogens with one attached hydrogen (secondary N) is 1. The Kier molecular flexibility index (Phi) is 2.31. The van der Waals surface area contributed by atoms with Crippen molar-refractivity contribution in [2.75, 3.05) is 7.11 Å². The number of rotatable bonds is 1. The molecule has 0 saturated heterocycles. The first-order valence-electron chi connectivity index (χ1n) is 5.33. The van der Waals surface area contributed by atoms with Crippen LogP contribution < -0.4 is 10.3 Å². The van der Waals surface area contributed by atoms with Gasteiger partial charge in [0.2, 0.25) is 0 Å². The van der Waals surface area contributed by atoms with E-state index in [1.165, 1.54) is 10.9 Å². The molecular formula is C12H10ClN3O2. The van der Waals surface area contributed by atoms with Crippen LogP contribution in [0.3, 0.4) is 0 Å². The molecule has 0 fully saturated rings. The molecule has 2 aromatic heterocycles. The van der Waals surface area contributed by atoms with Crippen LogP contribution in [0.2, 0.25) is 5.02 Å². The van der Waals surface area contributed by atoms with Crippen molar-refractivity contribution in [1.29, 1.82) is 0 Å². The lowest BCUT2D eigenvalue weighted by atomic mass is 10.1. The smallest absolute Gasteiger partial charge is 0.275 e. The average molecular weight is 264 g/mol. The molecule has 1 aromatic carbocycles. The minimum Gasteiger partial charge on any atom is -0.494 e. The van der Waals surface area contributed by atoms with Crippen LogP contribution in [0.4, 0.5) is 0 Å². The van der Waals surface area contributed by atoms with Crippen molar-refractivity contribution in [3.63, 3.8) is 0 Å². The van der Waals surface area contributed by atoms with E-state index in [0.717, 1.165) is 0 Å². The minimum atomic E-state index is -0.127. The van der Waals surface area contributed by atoms with Crippen molar-refractivity contribution < 1.29 is 4.74 Å². The third-order valence-electron chi connectivity index (χ3n) is 2.97. The molecule has 5 nitrogen and oxygen atoms in total. The number of fused-ring (bicyclic) bond motifs is 3. The van der Waals surface area contributed by atoms with E-state index in [1.54, 1.807) is 26.3 Å². The number of hydrogen-bond acceptors (Lipinski definition) is 3. The minimum absolute atomic E-state index is 0.127. The van der Waals surface area contributed by atoms with Gasteiger partial charge in [0, 0.05) is 18.6 Å². The van der Waals surface area contributed by atoms with Gasteiger partial charge in [-0.1, -0.05) is 11.6 Å². The van der Waals surface area contributed by atoms with E-state index < -0.39 is 0 Å². The number of benzene rings is 1. The van der Waals surface area contributed by atoms with Gasteiger partial charge in [-0.25, -0.2) is 0 Å². The second-order valence-electron chi connectivity index (χ2n) is 4.00. The molecule has 0 atom stereocenters. The summed E-state index contributed by atoms with van der Waals surface area (Å²) in [5.41, 5.74) is 1.19. The SMILES string of the molecule is COc1ccc(Cl)c2c1ncc1c(=O)n(C)[nH]c12. The number of H-pyrrole nitrogens is 1. The van der Waals surface area contributed by atoms with Gasteiger partial charge in [0.15, 0.2) is 0 Å². The van der Waals surface area contributed by atoms with Crippen LogP contribution in [0, 0.1) is 0 Å². The molecule has 18 heavy (non-hydrogen) atoms. The van der Waals surface area contributed by atoms with Gasteiger partial charge < -0.3 is 4.74 Å². The summed E-state index contributed by atoms with van der Waals surface area (Å²) in [4.78, 5) is 16.1. The second-order valence-corrected chi connectivity index (χ2v) is 4.40. The summed E-state index contributed by atoms with van der Waals surface area (Å²) in [5.74, 6) is 0.626. The molecule has 0 unspecified atom stereocenters. The molecule has 1 N–H and O–H groups in total. The number of hydrogen-bond donors (Lipinski definition) is 1. The van der Waals surface area contributed by atoms with Gasteiger partial charge in [0.1, 0.15) is 11.3 Å². The number of nitrogens with zero attached hydrogens (tertiary/aromatic N) is 2. The van der Waals surface area contributed by atoms with Crippen molar-refractivity contribution in [2.24, 2.45) is 7.05 Å². The summed E-state index contributed by atoms with van der Waals surface area (Å²) in [6, 6.07) is 3.49. The van der Waals surface area contributed by atoms with E-state index in [1.807, 2.05) is 0 Å². The number of aryl methyl sites for hydroxylation is 1. The van der Waals surface area contributed by atoms with Crippen LogP contribution in [0.25, 0.3) is 21.8 Å². The van der Waals surface area contributed by atoms with Gasteiger partial charge in [-0.15, -0.1) is 0 Å². The molecule has 0 radical (unpaired) electrons. The summed E-state index contributed by atoms with van der Waals surface area (Å²) in [6.07, 6.45) is 1.54. The lowest BCUT2D eigenvalue weighted by molar-refractivity contribution is 0.419. The Morgan fingerprint density at radius 1 is 1.44 bits per heavy atom. The largest absolute Gasteiger partial charge is 0.494 e. The quantitative estimate of drug-likeness (QED) is 0.731. The zero-order valence-electron chi connectivity index (χ0n) is 9.82.